The summed E-state index contributed by atoms with van der Waals surface area (Å²) in [6.45, 7) is 0.599. The Morgan fingerprint density at radius 3 is 2.62 bits per heavy atom. The Bertz CT molecular complexity index is 461. The lowest BCUT2D eigenvalue weighted by Gasteiger charge is -2.08. The van der Waals surface area contributed by atoms with Gasteiger partial charge in [0.25, 0.3) is 10.1 Å². The van der Waals surface area contributed by atoms with Crippen LogP contribution in [0, 0.1) is 0 Å². The lowest BCUT2D eigenvalue weighted by molar-refractivity contribution is 0.292. The Labute approximate surface area is 102 Å². The highest BCUT2D eigenvalue weighted by atomic mass is 79.9. The smallest absolute Gasteiger partial charge is 0.294 e. The van der Waals surface area contributed by atoms with Crippen LogP contribution in [-0.4, -0.2) is 31.2 Å². The van der Waals surface area contributed by atoms with Gasteiger partial charge in [-0.15, -0.1) is 0 Å². The molecule has 0 amide bonds. The Hall–Kier alpha value is -0.470. The third kappa shape index (κ3) is 3.84. The van der Waals surface area contributed by atoms with E-state index in [-0.39, 0.29) is 18.0 Å². The van der Waals surface area contributed by atoms with Gasteiger partial charge in [0.15, 0.2) is 0 Å². The van der Waals surface area contributed by atoms with Crippen LogP contribution in [0.4, 0.5) is 0 Å². The minimum atomic E-state index is -4.23. The number of rotatable bonds is 5. The molecule has 1 rings (SSSR count). The quantitative estimate of drug-likeness (QED) is 0.553. The third-order valence-electron chi connectivity index (χ3n) is 1.91. The summed E-state index contributed by atoms with van der Waals surface area (Å²) < 4.78 is 31.8. The zero-order chi connectivity index (χ0) is 12.2. The van der Waals surface area contributed by atoms with Crippen molar-refractivity contribution in [2.24, 2.45) is 0 Å². The van der Waals surface area contributed by atoms with Gasteiger partial charge in [-0.1, -0.05) is 22.0 Å². The minimum absolute atomic E-state index is 0.0300. The molecule has 16 heavy (non-hydrogen) atoms. The molecule has 0 aliphatic rings. The van der Waals surface area contributed by atoms with E-state index in [4.69, 9.17) is 9.66 Å². The van der Waals surface area contributed by atoms with Crippen molar-refractivity contribution in [3.8, 4) is 0 Å². The number of aliphatic hydroxyl groups is 1. The maximum absolute atomic E-state index is 11.1. The third-order valence-corrected chi connectivity index (χ3v) is 3.34. The van der Waals surface area contributed by atoms with Gasteiger partial charge in [0, 0.05) is 17.6 Å². The molecule has 0 aromatic heterocycles. The first-order chi connectivity index (χ1) is 7.45. The van der Waals surface area contributed by atoms with Crippen molar-refractivity contribution < 1.29 is 18.1 Å². The van der Waals surface area contributed by atoms with E-state index in [0.717, 1.165) is 0 Å². The SMILES string of the molecule is O=S(=O)(O)c1cc(Br)ccc1CNCCO. The van der Waals surface area contributed by atoms with E-state index in [1.165, 1.54) is 6.07 Å². The molecule has 1 aromatic carbocycles. The molecule has 90 valence electrons. The molecule has 0 spiro atoms. The van der Waals surface area contributed by atoms with E-state index in [0.29, 0.717) is 16.6 Å². The number of hydrogen-bond acceptors (Lipinski definition) is 4. The molecule has 0 saturated carbocycles. The Morgan fingerprint density at radius 2 is 2.06 bits per heavy atom. The standard InChI is InChI=1S/C9H12BrNO4S/c10-8-2-1-7(6-11-3-4-12)9(5-8)16(13,14)15/h1-2,5,11-12H,3-4,6H2,(H,13,14,15). The summed E-state index contributed by atoms with van der Waals surface area (Å²) in [5.41, 5.74) is 0.458. The van der Waals surface area contributed by atoms with Crippen molar-refractivity contribution in [1.82, 2.24) is 5.32 Å². The van der Waals surface area contributed by atoms with Crippen LogP contribution < -0.4 is 5.32 Å². The fourth-order valence-electron chi connectivity index (χ4n) is 1.22. The fourth-order valence-corrected chi connectivity index (χ4v) is 2.48. The number of benzene rings is 1. The molecule has 5 nitrogen and oxygen atoms in total. The molecule has 3 N–H and O–H groups in total. The van der Waals surface area contributed by atoms with E-state index in [1.807, 2.05) is 0 Å². The van der Waals surface area contributed by atoms with Crippen LogP contribution in [0.1, 0.15) is 5.56 Å². The van der Waals surface area contributed by atoms with Crippen molar-refractivity contribution in [2.75, 3.05) is 13.2 Å². The molecule has 0 aliphatic heterocycles. The van der Waals surface area contributed by atoms with Gasteiger partial charge in [0.2, 0.25) is 0 Å². The van der Waals surface area contributed by atoms with Gasteiger partial charge in [-0.3, -0.25) is 4.55 Å². The van der Waals surface area contributed by atoms with Crippen LogP contribution in [0.2, 0.25) is 0 Å². The first kappa shape index (κ1) is 13.6. The second-order valence-electron chi connectivity index (χ2n) is 3.13. The molecule has 0 unspecified atom stereocenters. The molecular formula is C9H12BrNO4S. The number of aliphatic hydroxyl groups excluding tert-OH is 1. The molecule has 7 heteroatoms. The average Bonchev–Trinajstić information content (AvgIpc) is 2.19. The van der Waals surface area contributed by atoms with E-state index < -0.39 is 10.1 Å². The molecule has 0 bridgehead atoms. The number of halogens is 1. The fraction of sp³-hybridized carbons (Fsp3) is 0.333. The second-order valence-corrected chi connectivity index (χ2v) is 5.43. The van der Waals surface area contributed by atoms with E-state index >= 15 is 0 Å². The van der Waals surface area contributed by atoms with E-state index in [9.17, 15) is 8.42 Å². The zero-order valence-corrected chi connectivity index (χ0v) is 10.8. The first-order valence-electron chi connectivity index (χ1n) is 4.52. The van der Waals surface area contributed by atoms with Crippen LogP contribution >= 0.6 is 15.9 Å². The van der Waals surface area contributed by atoms with Gasteiger partial charge in [0.1, 0.15) is 0 Å². The number of nitrogens with one attached hydrogen (secondary N) is 1. The minimum Gasteiger partial charge on any atom is -0.395 e. The maximum atomic E-state index is 11.1. The summed E-state index contributed by atoms with van der Waals surface area (Å²) in [5.74, 6) is 0. The van der Waals surface area contributed by atoms with Crippen molar-refractivity contribution in [3.05, 3.63) is 28.2 Å². The van der Waals surface area contributed by atoms with Gasteiger partial charge < -0.3 is 10.4 Å². The van der Waals surface area contributed by atoms with Gasteiger partial charge in [-0.2, -0.15) is 8.42 Å². The second kappa shape index (κ2) is 5.74. The topological polar surface area (TPSA) is 86.6 Å². The van der Waals surface area contributed by atoms with Crippen LogP contribution in [0.5, 0.6) is 0 Å². The van der Waals surface area contributed by atoms with Crippen LogP contribution in [0.25, 0.3) is 0 Å². The van der Waals surface area contributed by atoms with Gasteiger partial charge >= 0.3 is 0 Å². The molecular weight excluding hydrogens is 298 g/mol. The Balaban J connectivity index is 2.99. The number of hydrogen-bond donors (Lipinski definition) is 3. The predicted molar refractivity (Wildman–Crippen MR) is 62.7 cm³/mol. The van der Waals surface area contributed by atoms with Crippen molar-refractivity contribution in [1.29, 1.82) is 0 Å². The highest BCUT2D eigenvalue weighted by Gasteiger charge is 2.15. The average molecular weight is 310 g/mol. The lowest BCUT2D eigenvalue weighted by Crippen LogP contribution is -2.19. The zero-order valence-electron chi connectivity index (χ0n) is 8.35. The predicted octanol–water partition coefficient (Wildman–Crippen LogP) is 0.778. The Morgan fingerprint density at radius 1 is 1.38 bits per heavy atom. The van der Waals surface area contributed by atoms with Crippen LogP contribution in [-0.2, 0) is 16.7 Å². The van der Waals surface area contributed by atoms with Gasteiger partial charge in [-0.05, 0) is 17.7 Å². The highest BCUT2D eigenvalue weighted by Crippen LogP contribution is 2.20. The molecule has 0 saturated heterocycles. The van der Waals surface area contributed by atoms with Crippen molar-refractivity contribution in [3.63, 3.8) is 0 Å². The highest BCUT2D eigenvalue weighted by molar-refractivity contribution is 9.10. The molecule has 0 fully saturated rings. The maximum Gasteiger partial charge on any atom is 0.294 e. The summed E-state index contributed by atoms with van der Waals surface area (Å²) in [4.78, 5) is -0.132. The van der Waals surface area contributed by atoms with E-state index in [2.05, 4.69) is 21.2 Å². The van der Waals surface area contributed by atoms with Gasteiger partial charge in [-0.25, -0.2) is 0 Å². The van der Waals surface area contributed by atoms with Crippen LogP contribution in [0.15, 0.2) is 27.6 Å². The summed E-state index contributed by atoms with van der Waals surface area (Å²) in [6, 6.07) is 4.62. The van der Waals surface area contributed by atoms with Crippen molar-refractivity contribution in [2.45, 2.75) is 11.4 Å². The molecule has 0 aliphatic carbocycles. The largest absolute Gasteiger partial charge is 0.395 e. The summed E-state index contributed by atoms with van der Waals surface area (Å²) in [6.07, 6.45) is 0. The summed E-state index contributed by atoms with van der Waals surface area (Å²) >= 11 is 3.13. The normalized spacial score (nSPS) is 11.7. The van der Waals surface area contributed by atoms with E-state index in [1.54, 1.807) is 12.1 Å². The molecule has 0 atom stereocenters. The Kier molecular flexibility index (Phi) is 4.88. The summed E-state index contributed by atoms with van der Waals surface area (Å²) in [5, 5.41) is 11.4. The monoisotopic (exact) mass is 309 g/mol. The van der Waals surface area contributed by atoms with Gasteiger partial charge in [0.05, 0.1) is 11.5 Å². The summed E-state index contributed by atoms with van der Waals surface area (Å²) in [7, 11) is -4.23. The molecule has 0 heterocycles. The first-order valence-corrected chi connectivity index (χ1v) is 6.76. The molecule has 0 radical (unpaired) electrons. The van der Waals surface area contributed by atoms with Crippen LogP contribution in [0.3, 0.4) is 0 Å². The molecule has 1 aromatic rings. The lowest BCUT2D eigenvalue weighted by atomic mass is 10.2. The van der Waals surface area contributed by atoms with Crippen molar-refractivity contribution >= 4 is 26.0 Å².